The van der Waals surface area contributed by atoms with Crippen LogP contribution in [0.1, 0.15) is 18.4 Å². The summed E-state index contributed by atoms with van der Waals surface area (Å²) in [4.78, 5) is 14.0. The smallest absolute Gasteiger partial charge is 0.224 e. The first-order valence-corrected chi connectivity index (χ1v) is 7.37. The maximum absolute atomic E-state index is 11.7. The molecule has 3 N–H and O–H groups in total. The Morgan fingerprint density at radius 3 is 3.05 bits per heavy atom. The van der Waals surface area contributed by atoms with Crippen molar-refractivity contribution < 1.29 is 4.79 Å². The Labute approximate surface area is 122 Å². The quantitative estimate of drug-likeness (QED) is 0.835. The van der Waals surface area contributed by atoms with Crippen molar-refractivity contribution in [2.75, 3.05) is 25.9 Å². The molecule has 1 saturated heterocycles. The highest BCUT2D eigenvalue weighted by Gasteiger charge is 2.25. The number of carbonyl (C=O) groups is 1. The van der Waals surface area contributed by atoms with Crippen LogP contribution in [-0.4, -0.2) is 30.9 Å². The molecule has 0 saturated carbocycles. The highest BCUT2D eigenvalue weighted by atomic mass is 79.9. The molecule has 19 heavy (non-hydrogen) atoms. The number of rotatable bonds is 3. The van der Waals surface area contributed by atoms with E-state index in [-0.39, 0.29) is 11.8 Å². The lowest BCUT2D eigenvalue weighted by Gasteiger charge is -2.32. The van der Waals surface area contributed by atoms with Gasteiger partial charge in [-0.15, -0.1) is 0 Å². The largest absolute Gasteiger partial charge is 0.399 e. The Hall–Kier alpha value is -1.07. The molecule has 1 aromatic rings. The zero-order valence-corrected chi connectivity index (χ0v) is 12.7. The van der Waals surface area contributed by atoms with Crippen molar-refractivity contribution in [3.63, 3.8) is 0 Å². The Kier molecular flexibility index (Phi) is 4.82. The van der Waals surface area contributed by atoms with Gasteiger partial charge in [-0.2, -0.15) is 0 Å². The number of hydrogen-bond donors (Lipinski definition) is 2. The van der Waals surface area contributed by atoms with Gasteiger partial charge in [-0.05, 0) is 37.1 Å². The number of hydrogen-bond acceptors (Lipinski definition) is 3. The number of carbonyl (C=O) groups excluding carboxylic acids is 1. The second-order valence-electron chi connectivity index (χ2n) is 5.04. The van der Waals surface area contributed by atoms with Crippen LogP contribution >= 0.6 is 15.9 Å². The van der Waals surface area contributed by atoms with Gasteiger partial charge in [0.05, 0.1) is 5.92 Å². The van der Waals surface area contributed by atoms with Crippen molar-refractivity contribution in [2.45, 2.75) is 19.4 Å². The molecule has 0 radical (unpaired) electrons. The van der Waals surface area contributed by atoms with Crippen LogP contribution in [-0.2, 0) is 11.3 Å². The average Bonchev–Trinajstić information content (AvgIpc) is 2.41. The van der Waals surface area contributed by atoms with E-state index in [0.29, 0.717) is 0 Å². The number of nitrogens with zero attached hydrogens (tertiary/aromatic N) is 1. The number of likely N-dealkylation sites (tertiary alicyclic amines) is 1. The van der Waals surface area contributed by atoms with E-state index in [9.17, 15) is 4.79 Å². The van der Waals surface area contributed by atoms with Gasteiger partial charge in [0, 0.05) is 30.3 Å². The van der Waals surface area contributed by atoms with Crippen molar-refractivity contribution in [3.05, 3.63) is 28.2 Å². The minimum atomic E-state index is 0.117. The first-order valence-electron chi connectivity index (χ1n) is 6.58. The summed E-state index contributed by atoms with van der Waals surface area (Å²) in [5, 5.41) is 2.75. The molecule has 5 heteroatoms. The lowest BCUT2D eigenvalue weighted by atomic mass is 9.97. The van der Waals surface area contributed by atoms with Gasteiger partial charge < -0.3 is 11.1 Å². The molecule has 1 aromatic carbocycles. The zero-order chi connectivity index (χ0) is 13.8. The lowest BCUT2D eigenvalue weighted by molar-refractivity contribution is -0.126. The van der Waals surface area contributed by atoms with E-state index in [1.807, 2.05) is 18.2 Å². The lowest BCUT2D eigenvalue weighted by Crippen LogP contribution is -2.41. The van der Waals surface area contributed by atoms with Gasteiger partial charge in [-0.1, -0.05) is 22.0 Å². The molecule has 1 heterocycles. The standard InChI is InChI=1S/C14H20BrN3O/c1-17-14(19)11-3-2-6-18(9-11)8-10-4-5-12(16)7-13(10)15/h4-5,7,11H,2-3,6,8-9,16H2,1H3,(H,17,19). The van der Waals surface area contributed by atoms with Gasteiger partial charge in [0.25, 0.3) is 0 Å². The van der Waals surface area contributed by atoms with Crippen LogP contribution in [0.5, 0.6) is 0 Å². The fourth-order valence-electron chi connectivity index (χ4n) is 2.55. The Bertz CT molecular complexity index is 464. The normalized spacial score (nSPS) is 20.2. The Morgan fingerprint density at radius 1 is 1.58 bits per heavy atom. The van der Waals surface area contributed by atoms with E-state index >= 15 is 0 Å². The molecule has 1 fully saturated rings. The number of piperidine rings is 1. The van der Waals surface area contributed by atoms with Gasteiger partial charge in [0.15, 0.2) is 0 Å². The molecule has 1 amide bonds. The van der Waals surface area contributed by atoms with E-state index in [1.165, 1.54) is 5.56 Å². The van der Waals surface area contributed by atoms with Gasteiger partial charge in [-0.3, -0.25) is 9.69 Å². The molecule has 4 nitrogen and oxygen atoms in total. The maximum Gasteiger partial charge on any atom is 0.224 e. The zero-order valence-electron chi connectivity index (χ0n) is 11.2. The summed E-state index contributed by atoms with van der Waals surface area (Å²) in [5.41, 5.74) is 7.72. The molecule has 1 aliphatic heterocycles. The molecule has 0 bridgehead atoms. The summed E-state index contributed by atoms with van der Waals surface area (Å²) < 4.78 is 1.04. The molecule has 1 aliphatic rings. The van der Waals surface area contributed by atoms with Gasteiger partial charge in [0.2, 0.25) is 5.91 Å². The molecule has 0 aliphatic carbocycles. The fraction of sp³-hybridized carbons (Fsp3) is 0.500. The van der Waals surface area contributed by atoms with Gasteiger partial charge >= 0.3 is 0 Å². The second kappa shape index (κ2) is 6.39. The maximum atomic E-state index is 11.7. The van der Waals surface area contributed by atoms with Crippen LogP contribution in [0.3, 0.4) is 0 Å². The molecular weight excluding hydrogens is 306 g/mol. The summed E-state index contributed by atoms with van der Waals surface area (Å²) in [6, 6.07) is 5.89. The van der Waals surface area contributed by atoms with Crippen molar-refractivity contribution >= 4 is 27.5 Å². The van der Waals surface area contributed by atoms with Crippen LogP contribution in [0.4, 0.5) is 5.69 Å². The number of nitrogens with two attached hydrogens (primary N) is 1. The highest BCUT2D eigenvalue weighted by Crippen LogP contribution is 2.24. The number of anilines is 1. The van der Waals surface area contributed by atoms with Crippen LogP contribution < -0.4 is 11.1 Å². The van der Waals surface area contributed by atoms with E-state index < -0.39 is 0 Å². The molecule has 0 aromatic heterocycles. The summed E-state index contributed by atoms with van der Waals surface area (Å²) in [7, 11) is 1.71. The summed E-state index contributed by atoms with van der Waals surface area (Å²) >= 11 is 3.55. The summed E-state index contributed by atoms with van der Waals surface area (Å²) in [5.74, 6) is 0.271. The Balaban J connectivity index is 2.00. The highest BCUT2D eigenvalue weighted by molar-refractivity contribution is 9.10. The van der Waals surface area contributed by atoms with Crippen LogP contribution in [0, 0.1) is 5.92 Å². The SMILES string of the molecule is CNC(=O)C1CCCN(Cc2ccc(N)cc2Br)C1. The summed E-state index contributed by atoms with van der Waals surface area (Å²) in [6.45, 7) is 2.73. The molecular formula is C14H20BrN3O. The van der Waals surface area contributed by atoms with E-state index in [0.717, 1.165) is 42.6 Å². The first kappa shape index (κ1) is 14.3. The minimum Gasteiger partial charge on any atom is -0.399 e. The number of halogens is 1. The minimum absolute atomic E-state index is 0.117. The van der Waals surface area contributed by atoms with Crippen molar-refractivity contribution in [1.82, 2.24) is 10.2 Å². The second-order valence-corrected chi connectivity index (χ2v) is 5.89. The van der Waals surface area contributed by atoms with Gasteiger partial charge in [-0.25, -0.2) is 0 Å². The predicted octanol–water partition coefficient (Wildman–Crippen LogP) is 1.99. The van der Waals surface area contributed by atoms with E-state index in [2.05, 4.69) is 26.1 Å². The topological polar surface area (TPSA) is 58.4 Å². The van der Waals surface area contributed by atoms with Crippen LogP contribution in [0.15, 0.2) is 22.7 Å². The average molecular weight is 326 g/mol. The number of benzene rings is 1. The van der Waals surface area contributed by atoms with Crippen molar-refractivity contribution in [3.8, 4) is 0 Å². The van der Waals surface area contributed by atoms with Crippen LogP contribution in [0.25, 0.3) is 0 Å². The number of nitrogen functional groups attached to an aromatic ring is 1. The third-order valence-corrected chi connectivity index (χ3v) is 4.33. The molecule has 1 atom stereocenters. The fourth-order valence-corrected chi connectivity index (χ4v) is 3.07. The van der Waals surface area contributed by atoms with E-state index in [4.69, 9.17) is 5.73 Å². The molecule has 0 spiro atoms. The molecule has 104 valence electrons. The predicted molar refractivity (Wildman–Crippen MR) is 80.6 cm³/mol. The summed E-state index contributed by atoms with van der Waals surface area (Å²) in [6.07, 6.45) is 2.06. The van der Waals surface area contributed by atoms with E-state index in [1.54, 1.807) is 7.05 Å². The van der Waals surface area contributed by atoms with Gasteiger partial charge in [0.1, 0.15) is 0 Å². The monoisotopic (exact) mass is 325 g/mol. The van der Waals surface area contributed by atoms with Crippen molar-refractivity contribution in [1.29, 1.82) is 0 Å². The first-order chi connectivity index (χ1) is 9.10. The molecule has 2 rings (SSSR count). The third-order valence-electron chi connectivity index (χ3n) is 3.59. The molecule has 1 unspecified atom stereocenters. The third kappa shape index (κ3) is 3.70. The number of amides is 1. The van der Waals surface area contributed by atoms with Crippen molar-refractivity contribution in [2.24, 2.45) is 5.92 Å². The Morgan fingerprint density at radius 2 is 2.37 bits per heavy atom. The van der Waals surface area contributed by atoms with Crippen LogP contribution in [0.2, 0.25) is 0 Å². The number of nitrogens with one attached hydrogen (secondary N) is 1.